The summed E-state index contributed by atoms with van der Waals surface area (Å²) in [7, 11) is 0. The normalized spacial score (nSPS) is 19.2. The highest BCUT2D eigenvalue weighted by Crippen LogP contribution is 2.31. The Morgan fingerprint density at radius 1 is 1.32 bits per heavy atom. The Bertz CT molecular complexity index is 828. The lowest BCUT2D eigenvalue weighted by Gasteiger charge is -2.39. The van der Waals surface area contributed by atoms with Gasteiger partial charge in [0.25, 0.3) is 5.56 Å². The largest absolute Gasteiger partial charge is 0.339 e. The Morgan fingerprint density at radius 2 is 2.08 bits per heavy atom. The van der Waals surface area contributed by atoms with Gasteiger partial charge in [-0.2, -0.15) is 0 Å². The van der Waals surface area contributed by atoms with Gasteiger partial charge in [0.05, 0.1) is 6.42 Å². The summed E-state index contributed by atoms with van der Waals surface area (Å²) in [6.07, 6.45) is 6.17. The maximum Gasteiger partial charge on any atom is 0.276 e. The highest BCUT2D eigenvalue weighted by atomic mass is 16.2. The molecule has 6 heteroatoms. The number of aryl methyl sites for hydroxylation is 1. The van der Waals surface area contributed by atoms with Crippen molar-refractivity contribution in [2.75, 3.05) is 6.54 Å². The quantitative estimate of drug-likeness (QED) is 0.910. The number of aromatic nitrogens is 3. The molecule has 0 unspecified atom stereocenters. The molecule has 0 saturated carbocycles. The van der Waals surface area contributed by atoms with Crippen molar-refractivity contribution in [3.63, 3.8) is 0 Å². The summed E-state index contributed by atoms with van der Waals surface area (Å²) < 4.78 is 1.40. The number of rotatable bonds is 2. The molecule has 1 N–H and O–H groups in total. The van der Waals surface area contributed by atoms with Gasteiger partial charge in [0.1, 0.15) is 0 Å². The summed E-state index contributed by atoms with van der Waals surface area (Å²) in [5.74, 6) is 0.0373. The Hall–Kier alpha value is -2.11. The molecular formula is C19H28N4O2. The summed E-state index contributed by atoms with van der Waals surface area (Å²) in [4.78, 5) is 32.2. The Kier molecular flexibility index (Phi) is 4.71. The lowest BCUT2D eigenvalue weighted by molar-refractivity contribution is -0.135. The first-order valence-electron chi connectivity index (χ1n) is 9.14. The molecule has 1 amide bonds. The van der Waals surface area contributed by atoms with Crippen molar-refractivity contribution in [1.29, 1.82) is 0 Å². The summed E-state index contributed by atoms with van der Waals surface area (Å²) in [5, 5.41) is 2.87. The number of nitrogens with one attached hydrogen (secondary N) is 1. The predicted molar refractivity (Wildman–Crippen MR) is 97.7 cm³/mol. The van der Waals surface area contributed by atoms with Gasteiger partial charge in [0.2, 0.25) is 5.91 Å². The number of aromatic amines is 1. The Labute approximate surface area is 148 Å². The standard InChI is InChI=1S/C19H28N4O2/c1-13-14(18(25)23-16(21-13)9-10-20-23)12-17(24)22-11-7-5-6-8-15(22)19(2,3)4/h9-10,15,20H,5-8,11-12H2,1-4H3/t15-/m0/s1. The Balaban J connectivity index is 1.91. The van der Waals surface area contributed by atoms with E-state index in [1.54, 1.807) is 19.2 Å². The molecule has 1 aliphatic heterocycles. The number of carbonyl (C=O) groups is 1. The van der Waals surface area contributed by atoms with Crippen LogP contribution in [-0.4, -0.2) is 38.0 Å². The SMILES string of the molecule is Cc1nc2cc[nH]n2c(=O)c1CC(=O)N1CCCCC[C@H]1C(C)(C)C. The molecule has 0 aliphatic carbocycles. The van der Waals surface area contributed by atoms with Crippen LogP contribution in [0.4, 0.5) is 0 Å². The third-order valence-corrected chi connectivity index (χ3v) is 5.25. The molecule has 1 fully saturated rings. The average Bonchev–Trinajstić information content (AvgIpc) is 2.84. The van der Waals surface area contributed by atoms with Crippen LogP contribution in [-0.2, 0) is 11.2 Å². The fraction of sp³-hybridized carbons (Fsp3) is 0.632. The van der Waals surface area contributed by atoms with Crippen molar-refractivity contribution < 1.29 is 4.79 Å². The van der Waals surface area contributed by atoms with Crippen LogP contribution in [0.5, 0.6) is 0 Å². The number of fused-ring (bicyclic) bond motifs is 1. The topological polar surface area (TPSA) is 70.5 Å². The van der Waals surface area contributed by atoms with Crippen molar-refractivity contribution in [3.05, 3.63) is 33.9 Å². The second-order valence-electron chi connectivity index (χ2n) is 8.13. The molecule has 1 atom stereocenters. The minimum Gasteiger partial charge on any atom is -0.339 e. The highest BCUT2D eigenvalue weighted by Gasteiger charge is 2.34. The first kappa shape index (κ1) is 17.7. The molecular weight excluding hydrogens is 316 g/mol. The van der Waals surface area contributed by atoms with E-state index in [4.69, 9.17) is 0 Å². The predicted octanol–water partition coefficient (Wildman–Crippen LogP) is 2.69. The van der Waals surface area contributed by atoms with Crippen LogP contribution >= 0.6 is 0 Å². The van der Waals surface area contributed by atoms with Gasteiger partial charge < -0.3 is 4.90 Å². The summed E-state index contributed by atoms with van der Waals surface area (Å²) in [5.41, 5.74) is 1.57. The van der Waals surface area contributed by atoms with Crippen LogP contribution in [0.3, 0.4) is 0 Å². The zero-order chi connectivity index (χ0) is 18.2. The van der Waals surface area contributed by atoms with E-state index in [2.05, 4.69) is 30.9 Å². The summed E-state index contributed by atoms with van der Waals surface area (Å²) >= 11 is 0. The number of H-pyrrole nitrogens is 1. The minimum absolute atomic E-state index is 0.0335. The van der Waals surface area contributed by atoms with Gasteiger partial charge in [-0.05, 0) is 25.2 Å². The molecule has 3 heterocycles. The maximum absolute atomic E-state index is 13.1. The third-order valence-electron chi connectivity index (χ3n) is 5.25. The lowest BCUT2D eigenvalue weighted by atomic mass is 9.83. The monoisotopic (exact) mass is 344 g/mol. The van der Waals surface area contributed by atoms with Crippen LogP contribution in [0, 0.1) is 12.3 Å². The van der Waals surface area contributed by atoms with Crippen molar-refractivity contribution in [3.8, 4) is 0 Å². The highest BCUT2D eigenvalue weighted by molar-refractivity contribution is 5.79. The molecule has 1 saturated heterocycles. The molecule has 0 spiro atoms. The van der Waals surface area contributed by atoms with E-state index in [9.17, 15) is 9.59 Å². The van der Waals surface area contributed by atoms with Gasteiger partial charge in [-0.3, -0.25) is 14.7 Å². The molecule has 0 aromatic carbocycles. The van der Waals surface area contributed by atoms with Crippen LogP contribution in [0.1, 0.15) is 57.7 Å². The second-order valence-corrected chi connectivity index (χ2v) is 8.13. The van der Waals surface area contributed by atoms with Crippen molar-refractivity contribution >= 4 is 11.6 Å². The zero-order valence-corrected chi connectivity index (χ0v) is 15.6. The van der Waals surface area contributed by atoms with Crippen molar-refractivity contribution in [2.45, 2.75) is 65.8 Å². The number of amides is 1. The molecule has 2 aromatic rings. The van der Waals surface area contributed by atoms with Crippen molar-refractivity contribution in [2.24, 2.45) is 5.41 Å². The van der Waals surface area contributed by atoms with E-state index in [1.807, 2.05) is 4.90 Å². The molecule has 136 valence electrons. The number of nitrogens with zero attached hydrogens (tertiary/aromatic N) is 3. The fourth-order valence-electron chi connectivity index (χ4n) is 3.87. The second kappa shape index (κ2) is 6.65. The molecule has 1 aliphatic rings. The number of likely N-dealkylation sites (tertiary alicyclic amines) is 1. The van der Waals surface area contributed by atoms with E-state index in [-0.39, 0.29) is 29.3 Å². The van der Waals surface area contributed by atoms with E-state index in [0.717, 1.165) is 32.2 Å². The molecule has 2 aromatic heterocycles. The molecule has 0 bridgehead atoms. The minimum atomic E-state index is -0.178. The fourth-order valence-corrected chi connectivity index (χ4v) is 3.87. The van der Waals surface area contributed by atoms with E-state index < -0.39 is 0 Å². The molecule has 0 radical (unpaired) electrons. The van der Waals surface area contributed by atoms with E-state index in [0.29, 0.717) is 16.9 Å². The van der Waals surface area contributed by atoms with Crippen LogP contribution in [0.25, 0.3) is 5.65 Å². The smallest absolute Gasteiger partial charge is 0.276 e. The van der Waals surface area contributed by atoms with Crippen LogP contribution in [0.2, 0.25) is 0 Å². The van der Waals surface area contributed by atoms with Gasteiger partial charge >= 0.3 is 0 Å². The van der Waals surface area contributed by atoms with Gasteiger partial charge in [0, 0.05) is 36.1 Å². The van der Waals surface area contributed by atoms with E-state index in [1.165, 1.54) is 4.52 Å². The lowest BCUT2D eigenvalue weighted by Crippen LogP contribution is -2.48. The average molecular weight is 344 g/mol. The van der Waals surface area contributed by atoms with Crippen LogP contribution < -0.4 is 5.56 Å². The van der Waals surface area contributed by atoms with Crippen molar-refractivity contribution in [1.82, 2.24) is 19.5 Å². The van der Waals surface area contributed by atoms with Crippen LogP contribution in [0.15, 0.2) is 17.1 Å². The van der Waals surface area contributed by atoms with Gasteiger partial charge in [-0.15, -0.1) is 0 Å². The van der Waals surface area contributed by atoms with Gasteiger partial charge in [-0.25, -0.2) is 9.50 Å². The molecule has 6 nitrogen and oxygen atoms in total. The first-order valence-corrected chi connectivity index (χ1v) is 9.14. The van der Waals surface area contributed by atoms with Gasteiger partial charge in [0.15, 0.2) is 5.65 Å². The molecule has 3 rings (SSSR count). The molecule has 25 heavy (non-hydrogen) atoms. The number of carbonyl (C=O) groups excluding carboxylic acids is 1. The third kappa shape index (κ3) is 3.48. The Morgan fingerprint density at radius 3 is 2.80 bits per heavy atom. The maximum atomic E-state index is 13.1. The number of hydrogen-bond donors (Lipinski definition) is 1. The first-order chi connectivity index (χ1) is 11.8. The zero-order valence-electron chi connectivity index (χ0n) is 15.6. The summed E-state index contributed by atoms with van der Waals surface area (Å²) in [6.45, 7) is 9.15. The van der Waals surface area contributed by atoms with Gasteiger partial charge in [-0.1, -0.05) is 33.6 Å². The number of hydrogen-bond acceptors (Lipinski definition) is 3. The van der Waals surface area contributed by atoms with E-state index >= 15 is 0 Å². The summed E-state index contributed by atoms with van der Waals surface area (Å²) in [6, 6.07) is 1.97.